The maximum absolute atomic E-state index is 12.4. The summed E-state index contributed by atoms with van der Waals surface area (Å²) in [6.07, 6.45) is 0. The predicted octanol–water partition coefficient (Wildman–Crippen LogP) is 2.00. The Morgan fingerprint density at radius 3 is 2.69 bits per heavy atom. The van der Waals surface area contributed by atoms with E-state index in [-0.39, 0.29) is 5.91 Å². The maximum Gasteiger partial charge on any atom is 0.279 e. The van der Waals surface area contributed by atoms with Gasteiger partial charge in [-0.25, -0.2) is 0 Å². The van der Waals surface area contributed by atoms with Crippen molar-refractivity contribution in [3.8, 4) is 5.75 Å². The molecule has 0 radical (unpaired) electrons. The van der Waals surface area contributed by atoms with Crippen LogP contribution in [-0.4, -0.2) is 45.7 Å². The topological polar surface area (TPSA) is 46.0 Å². The zero-order valence-corrected chi connectivity index (χ0v) is 16.0. The average Bonchev–Trinajstić information content (AvgIpc) is 2.66. The van der Waals surface area contributed by atoms with Crippen molar-refractivity contribution in [1.29, 1.82) is 0 Å². The van der Waals surface area contributed by atoms with Gasteiger partial charge in [0.25, 0.3) is 5.91 Å². The number of rotatable bonds is 5. The summed E-state index contributed by atoms with van der Waals surface area (Å²) in [5, 5.41) is 3.65. The second-order valence-corrected chi connectivity index (χ2v) is 6.98. The van der Waals surface area contributed by atoms with Gasteiger partial charge >= 0.3 is 0 Å². The fourth-order valence-corrected chi connectivity index (χ4v) is 3.40. The van der Waals surface area contributed by atoms with Crippen LogP contribution < -0.4 is 19.9 Å². The molecule has 0 bridgehead atoms. The maximum atomic E-state index is 12.4. The molecule has 2 aromatic carbocycles. The molecule has 1 aliphatic rings. The van der Waals surface area contributed by atoms with Crippen LogP contribution in [0.2, 0.25) is 5.02 Å². The Labute approximate surface area is 159 Å². The predicted molar refractivity (Wildman–Crippen MR) is 106 cm³/mol. The molecule has 0 aromatic heterocycles. The van der Waals surface area contributed by atoms with Crippen LogP contribution in [0.4, 0.5) is 11.4 Å². The van der Waals surface area contributed by atoms with Gasteiger partial charge < -0.3 is 19.9 Å². The summed E-state index contributed by atoms with van der Waals surface area (Å²) in [5.41, 5.74) is 2.86. The number of hydrogen-bond donors (Lipinski definition) is 2. The molecule has 1 heterocycles. The first kappa shape index (κ1) is 18.5. The lowest BCUT2D eigenvalue weighted by molar-refractivity contribution is -0.892. The van der Waals surface area contributed by atoms with Crippen molar-refractivity contribution < 1.29 is 14.4 Å². The van der Waals surface area contributed by atoms with E-state index in [0.29, 0.717) is 11.6 Å². The van der Waals surface area contributed by atoms with E-state index in [1.807, 2.05) is 37.3 Å². The molecule has 26 heavy (non-hydrogen) atoms. The third kappa shape index (κ3) is 4.48. The van der Waals surface area contributed by atoms with Crippen molar-refractivity contribution >= 4 is 28.9 Å². The van der Waals surface area contributed by atoms with Gasteiger partial charge in [0.2, 0.25) is 0 Å². The summed E-state index contributed by atoms with van der Waals surface area (Å²) in [6.45, 7) is 6.09. The number of anilines is 2. The second kappa shape index (κ2) is 8.43. The van der Waals surface area contributed by atoms with Gasteiger partial charge in [-0.15, -0.1) is 0 Å². The molecule has 6 heteroatoms. The minimum absolute atomic E-state index is 0.0280. The van der Waals surface area contributed by atoms with E-state index in [9.17, 15) is 4.79 Å². The van der Waals surface area contributed by atoms with Gasteiger partial charge in [-0.2, -0.15) is 0 Å². The van der Waals surface area contributed by atoms with Gasteiger partial charge in [0, 0.05) is 22.5 Å². The Bertz CT molecular complexity index is 773. The molecule has 0 spiro atoms. The molecule has 138 valence electrons. The number of carbonyl (C=O) groups is 1. The van der Waals surface area contributed by atoms with E-state index in [0.717, 1.165) is 43.2 Å². The van der Waals surface area contributed by atoms with Crippen molar-refractivity contribution in [2.75, 3.05) is 50.1 Å². The highest BCUT2D eigenvalue weighted by Gasteiger charge is 2.22. The van der Waals surface area contributed by atoms with Gasteiger partial charge in [0.15, 0.2) is 6.54 Å². The van der Waals surface area contributed by atoms with E-state index in [2.05, 4.69) is 22.3 Å². The molecule has 0 atom stereocenters. The number of halogens is 1. The number of carbonyl (C=O) groups excluding carboxylic acids is 1. The molecular formula is C20H25ClN3O2+. The van der Waals surface area contributed by atoms with E-state index in [4.69, 9.17) is 16.3 Å². The third-order valence-corrected chi connectivity index (χ3v) is 5.25. The zero-order valence-electron chi connectivity index (χ0n) is 15.2. The molecule has 0 saturated carbocycles. The Morgan fingerprint density at radius 1 is 1.23 bits per heavy atom. The molecule has 1 saturated heterocycles. The quantitative estimate of drug-likeness (QED) is 0.841. The fourth-order valence-electron chi connectivity index (χ4n) is 3.23. The first-order valence-corrected chi connectivity index (χ1v) is 9.22. The standard InChI is InChI=1S/C20H24ClN3O2/c1-15-18(21)7-4-8-19(15)22-20(25)14-23-9-11-24(12-10-23)16-5-3-6-17(13-16)26-2/h3-8,13H,9-12,14H2,1-2H3,(H,22,25)/p+1. The SMILES string of the molecule is COc1cccc(N2CC[NH+](CC(=O)Nc3cccc(Cl)c3C)CC2)c1. The number of nitrogens with zero attached hydrogens (tertiary/aromatic N) is 1. The number of nitrogens with one attached hydrogen (secondary N) is 2. The molecule has 0 unspecified atom stereocenters. The number of amides is 1. The van der Waals surface area contributed by atoms with Gasteiger partial charge in [-0.05, 0) is 36.8 Å². The first-order chi connectivity index (χ1) is 12.6. The van der Waals surface area contributed by atoms with Crippen molar-refractivity contribution in [3.05, 3.63) is 53.1 Å². The molecule has 2 N–H and O–H groups in total. The van der Waals surface area contributed by atoms with Crippen molar-refractivity contribution in [3.63, 3.8) is 0 Å². The number of ether oxygens (including phenoxy) is 1. The smallest absolute Gasteiger partial charge is 0.279 e. The lowest BCUT2D eigenvalue weighted by Crippen LogP contribution is -3.15. The number of benzene rings is 2. The number of piperazine rings is 1. The lowest BCUT2D eigenvalue weighted by atomic mass is 10.2. The Balaban J connectivity index is 1.52. The Morgan fingerprint density at radius 2 is 1.96 bits per heavy atom. The van der Waals surface area contributed by atoms with E-state index < -0.39 is 0 Å². The van der Waals surface area contributed by atoms with Gasteiger partial charge in [-0.1, -0.05) is 23.7 Å². The van der Waals surface area contributed by atoms with E-state index in [1.165, 1.54) is 10.6 Å². The molecule has 1 amide bonds. The minimum atomic E-state index is 0.0280. The Kier molecular flexibility index (Phi) is 6.01. The molecule has 0 aliphatic carbocycles. The van der Waals surface area contributed by atoms with Crippen molar-refractivity contribution in [1.82, 2.24) is 0 Å². The lowest BCUT2D eigenvalue weighted by Gasteiger charge is -2.33. The highest BCUT2D eigenvalue weighted by Crippen LogP contribution is 2.23. The van der Waals surface area contributed by atoms with Gasteiger partial charge in [0.1, 0.15) is 5.75 Å². The zero-order chi connectivity index (χ0) is 18.5. The van der Waals surface area contributed by atoms with Crippen LogP contribution in [0.15, 0.2) is 42.5 Å². The Hall–Kier alpha value is -2.24. The van der Waals surface area contributed by atoms with E-state index in [1.54, 1.807) is 7.11 Å². The molecule has 2 aromatic rings. The normalized spacial score (nSPS) is 15.0. The van der Waals surface area contributed by atoms with Crippen LogP contribution in [0.25, 0.3) is 0 Å². The van der Waals surface area contributed by atoms with Crippen LogP contribution in [0.3, 0.4) is 0 Å². The fraction of sp³-hybridized carbons (Fsp3) is 0.350. The molecule has 3 rings (SSSR count). The molecular weight excluding hydrogens is 350 g/mol. The van der Waals surface area contributed by atoms with Crippen LogP contribution in [0, 0.1) is 6.92 Å². The minimum Gasteiger partial charge on any atom is -0.497 e. The van der Waals surface area contributed by atoms with Crippen molar-refractivity contribution in [2.45, 2.75) is 6.92 Å². The summed E-state index contributed by atoms with van der Waals surface area (Å²) in [7, 11) is 1.68. The summed E-state index contributed by atoms with van der Waals surface area (Å²) in [5.74, 6) is 0.897. The number of hydrogen-bond acceptors (Lipinski definition) is 3. The second-order valence-electron chi connectivity index (χ2n) is 6.58. The van der Waals surface area contributed by atoms with Gasteiger partial charge in [0.05, 0.1) is 33.3 Å². The van der Waals surface area contributed by atoms with Gasteiger partial charge in [-0.3, -0.25) is 4.79 Å². The first-order valence-electron chi connectivity index (χ1n) is 8.84. The average molecular weight is 375 g/mol. The third-order valence-electron chi connectivity index (χ3n) is 4.84. The highest BCUT2D eigenvalue weighted by molar-refractivity contribution is 6.31. The summed E-state index contributed by atoms with van der Waals surface area (Å²) >= 11 is 6.11. The molecule has 5 nitrogen and oxygen atoms in total. The van der Waals surface area contributed by atoms with Crippen LogP contribution in [0.5, 0.6) is 5.75 Å². The van der Waals surface area contributed by atoms with E-state index >= 15 is 0 Å². The summed E-state index contributed by atoms with van der Waals surface area (Å²) < 4.78 is 5.30. The van der Waals surface area contributed by atoms with Crippen molar-refractivity contribution in [2.24, 2.45) is 0 Å². The largest absolute Gasteiger partial charge is 0.497 e. The number of quaternary nitrogens is 1. The number of methoxy groups -OCH3 is 1. The van der Waals surface area contributed by atoms with Crippen LogP contribution >= 0.6 is 11.6 Å². The van der Waals surface area contributed by atoms with Crippen LogP contribution in [-0.2, 0) is 4.79 Å². The summed E-state index contributed by atoms with van der Waals surface area (Å²) in [4.78, 5) is 16.0. The molecule has 1 fully saturated rings. The van der Waals surface area contributed by atoms with Crippen LogP contribution in [0.1, 0.15) is 5.56 Å². The molecule has 1 aliphatic heterocycles. The summed E-state index contributed by atoms with van der Waals surface area (Å²) in [6, 6.07) is 13.7. The monoisotopic (exact) mass is 374 g/mol. The highest BCUT2D eigenvalue weighted by atomic mass is 35.5.